The number of nitrogens with zero attached hydrogens (tertiary/aromatic N) is 1. The molecule has 0 aliphatic carbocycles. The number of aromatic nitrogens is 1. The van der Waals surface area contributed by atoms with Crippen molar-refractivity contribution in [3.63, 3.8) is 0 Å². The van der Waals surface area contributed by atoms with E-state index in [4.69, 9.17) is 13.8 Å². The van der Waals surface area contributed by atoms with Crippen LogP contribution in [0.2, 0.25) is 18.1 Å². The van der Waals surface area contributed by atoms with Crippen LogP contribution >= 0.6 is 19.6 Å². The molecule has 0 aliphatic heterocycles. The van der Waals surface area contributed by atoms with Gasteiger partial charge in [0.25, 0.3) is 0 Å². The maximum Gasteiger partial charge on any atom is 0.316 e. The molecular weight excluding hydrogens is 337 g/mol. The fourth-order valence-corrected chi connectivity index (χ4v) is 3.95. The molecule has 2 aromatic rings. The summed E-state index contributed by atoms with van der Waals surface area (Å²) in [7, 11) is -4.79. The fraction of sp³-hybridized carbons (Fsp3) is 0.500. The van der Waals surface area contributed by atoms with Crippen LogP contribution in [0.4, 0.5) is 0 Å². The Bertz CT molecular complexity index is 696. The molecule has 1 aromatic carbocycles. The van der Waals surface area contributed by atoms with Crippen LogP contribution in [0.3, 0.4) is 0 Å². The molecule has 8 heteroatoms. The molecule has 1 aromatic heterocycles. The number of fused-ring (bicyclic) bond motifs is 1. The Balaban J connectivity index is 2.22. The molecule has 1 N–H and O–H groups in total. The van der Waals surface area contributed by atoms with Crippen molar-refractivity contribution >= 4 is 38.1 Å². The van der Waals surface area contributed by atoms with Crippen molar-refractivity contribution in [3.8, 4) is 5.75 Å². The van der Waals surface area contributed by atoms with E-state index in [2.05, 4.69) is 38.8 Å². The van der Waals surface area contributed by atoms with E-state index in [1.807, 2.05) is 18.2 Å². The summed E-state index contributed by atoms with van der Waals surface area (Å²) in [5.41, 5.74) is 0.851. The van der Waals surface area contributed by atoms with Crippen molar-refractivity contribution in [2.24, 2.45) is 0 Å². The molecular formula is C14H22NO4PSSi. The highest BCUT2D eigenvalue weighted by molar-refractivity contribution is 7.32. The molecule has 0 bridgehead atoms. The van der Waals surface area contributed by atoms with Gasteiger partial charge in [-0.3, -0.25) is 4.57 Å². The standard InChI is InChI=1S/C14H22NO4PSSi/c1-14(2,3)22(4,5)19-10-6-7-11-12(8-10)21-13(15-11)9-18-20(16)17/h6-8,20H,9H2,1-5H3,(H,16,17). The molecule has 22 heavy (non-hydrogen) atoms. The smallest absolute Gasteiger partial charge is 0.316 e. The lowest BCUT2D eigenvalue weighted by atomic mass is 10.2. The number of rotatable bonds is 5. The van der Waals surface area contributed by atoms with E-state index in [0.29, 0.717) is 5.01 Å². The Morgan fingerprint density at radius 3 is 2.64 bits per heavy atom. The summed E-state index contributed by atoms with van der Waals surface area (Å²) >= 11 is 1.45. The van der Waals surface area contributed by atoms with Gasteiger partial charge in [0.15, 0.2) is 0 Å². The highest BCUT2D eigenvalue weighted by atomic mass is 32.1. The molecule has 0 amide bonds. The minimum absolute atomic E-state index is 0.0616. The Hall–Kier alpha value is -0.723. The van der Waals surface area contributed by atoms with Crippen LogP contribution in [0.15, 0.2) is 18.2 Å². The number of hydrogen-bond donors (Lipinski definition) is 1. The molecule has 1 heterocycles. The van der Waals surface area contributed by atoms with E-state index in [0.717, 1.165) is 16.0 Å². The monoisotopic (exact) mass is 359 g/mol. The second kappa shape index (κ2) is 6.41. The minimum Gasteiger partial charge on any atom is -0.543 e. The van der Waals surface area contributed by atoms with Gasteiger partial charge in [-0.05, 0) is 36.3 Å². The summed E-state index contributed by atoms with van der Waals surface area (Å²) < 4.78 is 22.6. The third kappa shape index (κ3) is 4.17. The third-order valence-corrected chi connectivity index (χ3v) is 9.64. The quantitative estimate of drug-likeness (QED) is 0.625. The molecule has 5 nitrogen and oxygen atoms in total. The van der Waals surface area contributed by atoms with Gasteiger partial charge < -0.3 is 13.8 Å². The van der Waals surface area contributed by atoms with Gasteiger partial charge in [0.1, 0.15) is 17.4 Å². The van der Waals surface area contributed by atoms with Crippen molar-refractivity contribution in [2.75, 3.05) is 0 Å². The zero-order valence-electron chi connectivity index (χ0n) is 13.5. The van der Waals surface area contributed by atoms with Crippen molar-refractivity contribution in [2.45, 2.75) is 45.5 Å². The second-order valence-corrected chi connectivity index (χ2v) is 13.3. The summed E-state index contributed by atoms with van der Waals surface area (Å²) in [5.74, 6) is 0.853. The van der Waals surface area contributed by atoms with Gasteiger partial charge in [-0.1, -0.05) is 20.8 Å². The second-order valence-electron chi connectivity index (χ2n) is 6.65. The highest BCUT2D eigenvalue weighted by Crippen LogP contribution is 2.38. The number of hydrogen-bond acceptors (Lipinski definition) is 5. The Morgan fingerprint density at radius 1 is 1.36 bits per heavy atom. The topological polar surface area (TPSA) is 68.7 Å². The number of thiazole rings is 1. The van der Waals surface area contributed by atoms with E-state index in [-0.39, 0.29) is 11.6 Å². The molecule has 0 spiro atoms. The largest absolute Gasteiger partial charge is 0.543 e. The summed E-state index contributed by atoms with van der Waals surface area (Å²) in [6.07, 6.45) is 0. The molecule has 0 fully saturated rings. The van der Waals surface area contributed by atoms with Gasteiger partial charge in [-0.2, -0.15) is 0 Å². The first-order valence-electron chi connectivity index (χ1n) is 7.03. The Morgan fingerprint density at radius 2 is 2.05 bits per heavy atom. The number of benzene rings is 1. The van der Waals surface area contributed by atoms with Crippen LogP contribution in [0.25, 0.3) is 10.2 Å². The minimum atomic E-state index is -2.92. The van der Waals surface area contributed by atoms with Crippen molar-refractivity contribution < 1.29 is 18.4 Å². The maximum absolute atomic E-state index is 10.6. The van der Waals surface area contributed by atoms with Crippen molar-refractivity contribution in [1.29, 1.82) is 0 Å². The lowest BCUT2D eigenvalue weighted by Crippen LogP contribution is -2.43. The first-order valence-corrected chi connectivity index (χ1v) is 12.0. The Labute approximate surface area is 136 Å². The first-order chi connectivity index (χ1) is 10.1. The molecule has 0 radical (unpaired) electrons. The Kier molecular flexibility index (Phi) is 5.14. The van der Waals surface area contributed by atoms with Crippen LogP contribution in [0.1, 0.15) is 25.8 Å². The summed E-state index contributed by atoms with van der Waals surface area (Å²) in [5, 5.41) is 0.828. The average Bonchev–Trinajstić information content (AvgIpc) is 2.76. The van der Waals surface area contributed by atoms with Crippen LogP contribution in [-0.2, 0) is 15.7 Å². The van der Waals surface area contributed by atoms with Gasteiger partial charge in [-0.15, -0.1) is 11.3 Å². The molecule has 1 atom stereocenters. The normalized spacial score (nSPS) is 14.3. The van der Waals surface area contributed by atoms with Crippen LogP contribution in [0, 0.1) is 0 Å². The van der Waals surface area contributed by atoms with Gasteiger partial charge in [-0.25, -0.2) is 4.98 Å². The molecule has 122 valence electrons. The fourth-order valence-electron chi connectivity index (χ4n) is 1.65. The third-order valence-electron chi connectivity index (χ3n) is 3.90. The van der Waals surface area contributed by atoms with E-state index < -0.39 is 16.6 Å². The van der Waals surface area contributed by atoms with Gasteiger partial charge in [0.2, 0.25) is 8.32 Å². The van der Waals surface area contributed by atoms with Gasteiger partial charge in [0, 0.05) is 0 Å². The van der Waals surface area contributed by atoms with Crippen molar-refractivity contribution in [1.82, 2.24) is 4.98 Å². The molecule has 1 unspecified atom stereocenters. The van der Waals surface area contributed by atoms with Crippen LogP contribution in [0.5, 0.6) is 5.75 Å². The summed E-state index contributed by atoms with van der Waals surface area (Å²) in [6.45, 7) is 11.1. The molecule has 0 saturated carbocycles. The molecule has 0 saturated heterocycles. The van der Waals surface area contributed by atoms with Crippen molar-refractivity contribution in [3.05, 3.63) is 23.2 Å². The van der Waals surface area contributed by atoms with E-state index >= 15 is 0 Å². The summed E-state index contributed by atoms with van der Waals surface area (Å²) in [6, 6.07) is 5.83. The average molecular weight is 359 g/mol. The zero-order valence-corrected chi connectivity index (χ0v) is 16.3. The maximum atomic E-state index is 10.6. The predicted octanol–water partition coefficient (Wildman–Crippen LogP) is 4.58. The highest BCUT2D eigenvalue weighted by Gasteiger charge is 2.38. The van der Waals surface area contributed by atoms with E-state index in [1.165, 1.54) is 11.3 Å². The van der Waals surface area contributed by atoms with E-state index in [9.17, 15) is 4.57 Å². The van der Waals surface area contributed by atoms with Gasteiger partial charge >= 0.3 is 8.25 Å². The molecule has 2 rings (SSSR count). The predicted molar refractivity (Wildman–Crippen MR) is 93.5 cm³/mol. The summed E-state index contributed by atoms with van der Waals surface area (Å²) in [4.78, 5) is 13.1. The van der Waals surface area contributed by atoms with E-state index in [1.54, 1.807) is 0 Å². The lowest BCUT2D eigenvalue weighted by Gasteiger charge is -2.36. The molecule has 0 aliphatic rings. The first kappa shape index (κ1) is 17.6. The van der Waals surface area contributed by atoms with Crippen LogP contribution < -0.4 is 4.43 Å². The lowest BCUT2D eigenvalue weighted by molar-refractivity contribution is 0.272. The SMILES string of the molecule is CC(C)(C)[Si](C)(C)Oc1ccc2nc(CO[PH](=O)O)sc2c1. The zero-order chi connectivity index (χ0) is 16.5. The van der Waals surface area contributed by atoms with Crippen LogP contribution in [-0.4, -0.2) is 18.2 Å². The van der Waals surface area contributed by atoms with Gasteiger partial charge in [0.05, 0.1) is 10.2 Å².